The molecule has 1 rings (SSSR count). The second-order valence-electron chi connectivity index (χ2n) is 4.35. The fourth-order valence-corrected chi connectivity index (χ4v) is 1.42. The van der Waals surface area contributed by atoms with Gasteiger partial charge in [0, 0.05) is 5.56 Å². The van der Waals surface area contributed by atoms with Gasteiger partial charge in [0.2, 0.25) is 0 Å². The normalized spacial score (nSPS) is 11.8. The minimum Gasteiger partial charge on any atom is -0.207 e. The highest BCUT2D eigenvalue weighted by Gasteiger charge is 2.22. The van der Waals surface area contributed by atoms with Crippen molar-refractivity contribution in [3.8, 4) is 0 Å². The van der Waals surface area contributed by atoms with E-state index in [1.54, 1.807) is 27.7 Å². The van der Waals surface area contributed by atoms with Crippen molar-refractivity contribution in [1.29, 1.82) is 0 Å². The van der Waals surface area contributed by atoms with E-state index in [0.717, 1.165) is 0 Å². The Morgan fingerprint density at radius 1 is 1.00 bits per heavy atom. The molecule has 0 spiro atoms. The molecule has 0 saturated carbocycles. The summed E-state index contributed by atoms with van der Waals surface area (Å²) in [5.74, 6) is -0.907. The maximum absolute atomic E-state index is 13.4. The molecular formula is C11H14F2. The summed E-state index contributed by atoms with van der Waals surface area (Å²) in [7, 11) is 0. The molecule has 72 valence electrons. The largest absolute Gasteiger partial charge is 0.207 e. The minimum atomic E-state index is -0.484. The third-order valence-corrected chi connectivity index (χ3v) is 1.94. The van der Waals surface area contributed by atoms with Crippen molar-refractivity contribution in [2.75, 3.05) is 0 Å². The summed E-state index contributed by atoms with van der Waals surface area (Å²) >= 11 is 0. The van der Waals surface area contributed by atoms with Crippen LogP contribution in [0.1, 0.15) is 31.9 Å². The summed E-state index contributed by atoms with van der Waals surface area (Å²) in [6, 6.07) is 2.73. The summed E-state index contributed by atoms with van der Waals surface area (Å²) in [4.78, 5) is 0. The molecule has 0 aliphatic rings. The fourth-order valence-electron chi connectivity index (χ4n) is 1.42. The first-order chi connectivity index (χ1) is 5.82. The van der Waals surface area contributed by atoms with Crippen molar-refractivity contribution in [1.82, 2.24) is 0 Å². The first-order valence-electron chi connectivity index (χ1n) is 4.28. The molecule has 0 aliphatic heterocycles. The van der Waals surface area contributed by atoms with Gasteiger partial charge in [0.05, 0.1) is 0 Å². The highest BCUT2D eigenvalue weighted by atomic mass is 19.1. The maximum atomic E-state index is 13.4. The van der Waals surface area contributed by atoms with Crippen LogP contribution in [0.15, 0.2) is 12.1 Å². The summed E-state index contributed by atoms with van der Waals surface area (Å²) in [6.45, 7) is 7.07. The smallest absolute Gasteiger partial charge is 0.130 e. The fraction of sp³-hybridized carbons (Fsp3) is 0.455. The van der Waals surface area contributed by atoms with E-state index in [4.69, 9.17) is 0 Å². The molecule has 0 atom stereocenters. The number of aryl methyl sites for hydroxylation is 1. The first-order valence-corrected chi connectivity index (χ1v) is 4.28. The van der Waals surface area contributed by atoms with Crippen LogP contribution in [0, 0.1) is 18.6 Å². The lowest BCUT2D eigenvalue weighted by Gasteiger charge is -2.20. The molecule has 0 bridgehead atoms. The van der Waals surface area contributed by atoms with Gasteiger partial charge < -0.3 is 0 Å². The Balaban J connectivity index is 3.38. The zero-order chi connectivity index (χ0) is 10.2. The van der Waals surface area contributed by atoms with E-state index in [2.05, 4.69) is 0 Å². The SMILES string of the molecule is Cc1cc(F)c(C(C)(C)C)c(F)c1. The molecule has 2 heteroatoms. The van der Waals surface area contributed by atoms with Gasteiger partial charge in [-0.1, -0.05) is 20.8 Å². The molecule has 0 saturated heterocycles. The van der Waals surface area contributed by atoms with Crippen LogP contribution < -0.4 is 0 Å². The second-order valence-corrected chi connectivity index (χ2v) is 4.35. The molecule has 0 N–H and O–H groups in total. The molecule has 0 amide bonds. The molecule has 0 fully saturated rings. The standard InChI is InChI=1S/C11H14F2/c1-7-5-8(12)10(9(13)6-7)11(2,3)4/h5-6H,1-4H3. The summed E-state index contributed by atoms with van der Waals surface area (Å²) in [5.41, 5.74) is 0.295. The van der Waals surface area contributed by atoms with Gasteiger partial charge in [-0.3, -0.25) is 0 Å². The van der Waals surface area contributed by atoms with E-state index in [0.29, 0.717) is 5.56 Å². The van der Waals surface area contributed by atoms with Gasteiger partial charge in [-0.25, -0.2) is 8.78 Å². The minimum absolute atomic E-state index is 0.165. The third-order valence-electron chi connectivity index (χ3n) is 1.94. The number of hydrogen-bond acceptors (Lipinski definition) is 0. The number of hydrogen-bond donors (Lipinski definition) is 0. The molecule has 0 heterocycles. The Morgan fingerprint density at radius 3 is 1.69 bits per heavy atom. The van der Waals surface area contributed by atoms with E-state index in [-0.39, 0.29) is 5.56 Å². The molecule has 0 radical (unpaired) electrons. The van der Waals surface area contributed by atoms with Crippen LogP contribution in [-0.4, -0.2) is 0 Å². The quantitative estimate of drug-likeness (QED) is 0.578. The Labute approximate surface area is 77.6 Å². The van der Waals surface area contributed by atoms with Crippen molar-refractivity contribution in [3.05, 3.63) is 34.9 Å². The number of rotatable bonds is 0. The molecule has 1 aromatic carbocycles. The van der Waals surface area contributed by atoms with Crippen molar-refractivity contribution < 1.29 is 8.78 Å². The first kappa shape index (κ1) is 10.2. The number of benzene rings is 1. The van der Waals surface area contributed by atoms with Crippen molar-refractivity contribution in [3.63, 3.8) is 0 Å². The highest BCUT2D eigenvalue weighted by Crippen LogP contribution is 2.28. The number of halogens is 2. The van der Waals surface area contributed by atoms with Gasteiger partial charge in [0.1, 0.15) is 11.6 Å². The van der Waals surface area contributed by atoms with Gasteiger partial charge in [0.25, 0.3) is 0 Å². The van der Waals surface area contributed by atoms with Gasteiger partial charge in [-0.15, -0.1) is 0 Å². The van der Waals surface area contributed by atoms with Crippen LogP contribution in [0.4, 0.5) is 8.78 Å². The molecule has 0 unspecified atom stereocenters. The van der Waals surface area contributed by atoms with Crippen molar-refractivity contribution in [2.24, 2.45) is 0 Å². The molecular weight excluding hydrogens is 170 g/mol. The Hall–Kier alpha value is -0.920. The van der Waals surface area contributed by atoms with Crippen LogP contribution >= 0.6 is 0 Å². The highest BCUT2D eigenvalue weighted by molar-refractivity contribution is 5.30. The van der Waals surface area contributed by atoms with Crippen LogP contribution in [-0.2, 0) is 5.41 Å². The maximum Gasteiger partial charge on any atom is 0.130 e. The van der Waals surface area contributed by atoms with Crippen molar-refractivity contribution in [2.45, 2.75) is 33.1 Å². The second kappa shape index (κ2) is 3.09. The van der Waals surface area contributed by atoms with Crippen molar-refractivity contribution >= 4 is 0 Å². The zero-order valence-corrected chi connectivity index (χ0v) is 8.41. The Bertz CT molecular complexity index is 298. The summed E-state index contributed by atoms with van der Waals surface area (Å²) in [5, 5.41) is 0. The van der Waals surface area contributed by atoms with Crippen LogP contribution in [0.2, 0.25) is 0 Å². The van der Waals surface area contributed by atoms with Gasteiger partial charge in [0.15, 0.2) is 0 Å². The molecule has 0 aliphatic carbocycles. The van der Waals surface area contributed by atoms with E-state index < -0.39 is 17.0 Å². The molecule has 0 nitrogen and oxygen atoms in total. The van der Waals surface area contributed by atoms with Gasteiger partial charge in [-0.2, -0.15) is 0 Å². The predicted octanol–water partition coefficient (Wildman–Crippen LogP) is 3.57. The van der Waals surface area contributed by atoms with Crippen LogP contribution in [0.5, 0.6) is 0 Å². The molecule has 1 aromatic rings. The van der Waals surface area contributed by atoms with Crippen LogP contribution in [0.3, 0.4) is 0 Å². The average Bonchev–Trinajstić information content (AvgIpc) is 1.78. The van der Waals surface area contributed by atoms with E-state index in [1.807, 2.05) is 0 Å². The lowest BCUT2D eigenvalue weighted by atomic mass is 9.86. The average molecular weight is 184 g/mol. The monoisotopic (exact) mass is 184 g/mol. The lowest BCUT2D eigenvalue weighted by molar-refractivity contribution is 0.474. The predicted molar refractivity (Wildman–Crippen MR) is 49.8 cm³/mol. The van der Waals surface area contributed by atoms with Gasteiger partial charge in [-0.05, 0) is 30.0 Å². The lowest BCUT2D eigenvalue weighted by Crippen LogP contribution is -2.16. The Kier molecular flexibility index (Phi) is 2.42. The van der Waals surface area contributed by atoms with E-state index in [1.165, 1.54) is 12.1 Å². The zero-order valence-electron chi connectivity index (χ0n) is 8.41. The van der Waals surface area contributed by atoms with E-state index >= 15 is 0 Å². The van der Waals surface area contributed by atoms with Crippen LogP contribution in [0.25, 0.3) is 0 Å². The summed E-state index contributed by atoms with van der Waals surface area (Å²) < 4.78 is 26.7. The topological polar surface area (TPSA) is 0 Å². The van der Waals surface area contributed by atoms with E-state index in [9.17, 15) is 8.78 Å². The third kappa shape index (κ3) is 2.06. The Morgan fingerprint density at radius 2 is 1.38 bits per heavy atom. The summed E-state index contributed by atoms with van der Waals surface area (Å²) in [6.07, 6.45) is 0. The molecule has 13 heavy (non-hydrogen) atoms. The van der Waals surface area contributed by atoms with Gasteiger partial charge >= 0.3 is 0 Å². The molecule has 0 aromatic heterocycles.